The Morgan fingerprint density at radius 1 is 0.773 bits per heavy atom. The molecule has 7 nitrogen and oxygen atoms in total. The van der Waals surface area contributed by atoms with Crippen molar-refractivity contribution in [3.05, 3.63) is 125 Å². The zero-order valence-electron chi connectivity index (χ0n) is 24.2. The summed E-state index contributed by atoms with van der Waals surface area (Å²) in [5.74, 6) is -1.71. The van der Waals surface area contributed by atoms with E-state index >= 15 is 0 Å². The van der Waals surface area contributed by atoms with Crippen LogP contribution in [-0.2, 0) is 0 Å². The molecule has 8 heteroatoms. The number of Topliss-reactive ketones (excluding diaryl/α,β-unsaturated/α-hetero) is 3. The van der Waals surface area contributed by atoms with E-state index in [0.29, 0.717) is 28.1 Å². The number of anilines is 1. The lowest BCUT2D eigenvalue weighted by Crippen LogP contribution is -2.48. The van der Waals surface area contributed by atoms with E-state index in [0.717, 1.165) is 5.56 Å². The maximum absolute atomic E-state index is 14.9. The lowest BCUT2D eigenvalue weighted by molar-refractivity contribution is 0.0664. The minimum atomic E-state index is -1.74. The number of carbonyl (C=O) groups excluding carboxylic acids is 3. The van der Waals surface area contributed by atoms with Crippen LogP contribution >= 0.6 is 0 Å². The van der Waals surface area contributed by atoms with Crippen LogP contribution in [0.15, 0.2) is 91.0 Å². The third kappa shape index (κ3) is 3.57. The number of benzene rings is 4. The Morgan fingerprint density at radius 2 is 1.41 bits per heavy atom. The summed E-state index contributed by atoms with van der Waals surface area (Å²) in [5, 5.41) is 0. The van der Waals surface area contributed by atoms with Gasteiger partial charge in [0, 0.05) is 33.9 Å². The van der Waals surface area contributed by atoms with Gasteiger partial charge in [-0.3, -0.25) is 14.4 Å². The zero-order valence-corrected chi connectivity index (χ0v) is 24.2. The van der Waals surface area contributed by atoms with Crippen molar-refractivity contribution in [2.75, 3.05) is 26.2 Å². The SMILES string of the molecule is COc1ccc([C@H]2[C@H](C(=O)c3ccc(F)cc3)N3c4ccccc4C=CC3C23C(=O)c2ccccc2C3=O)c(OC)c1OC. The molecule has 3 atom stereocenters. The van der Waals surface area contributed by atoms with Crippen LogP contribution in [0.2, 0.25) is 0 Å². The van der Waals surface area contributed by atoms with E-state index < -0.39 is 29.2 Å². The van der Waals surface area contributed by atoms with Crippen molar-refractivity contribution in [1.29, 1.82) is 0 Å². The predicted molar refractivity (Wildman–Crippen MR) is 163 cm³/mol. The number of hydrogen-bond donors (Lipinski definition) is 0. The number of ether oxygens (including phenoxy) is 3. The van der Waals surface area contributed by atoms with Gasteiger partial charge in [0.1, 0.15) is 17.3 Å². The zero-order chi connectivity index (χ0) is 30.7. The molecule has 3 aliphatic rings. The third-order valence-corrected chi connectivity index (χ3v) is 9.18. The molecule has 1 spiro atoms. The number of hydrogen-bond acceptors (Lipinski definition) is 7. The molecule has 0 bridgehead atoms. The molecule has 1 saturated heterocycles. The van der Waals surface area contributed by atoms with E-state index in [4.69, 9.17) is 14.2 Å². The van der Waals surface area contributed by atoms with Crippen molar-refractivity contribution in [3.63, 3.8) is 0 Å². The van der Waals surface area contributed by atoms with Gasteiger partial charge in [0.25, 0.3) is 0 Å². The molecule has 1 fully saturated rings. The first-order chi connectivity index (χ1) is 21.4. The lowest BCUT2D eigenvalue weighted by atomic mass is 9.64. The smallest absolute Gasteiger partial charge is 0.203 e. The molecule has 1 unspecified atom stereocenters. The monoisotopic (exact) mass is 589 g/mol. The average molecular weight is 590 g/mol. The third-order valence-electron chi connectivity index (χ3n) is 9.18. The fourth-order valence-electron chi connectivity index (χ4n) is 7.41. The molecule has 0 saturated carbocycles. The second-order valence-electron chi connectivity index (χ2n) is 11.1. The average Bonchev–Trinajstić information content (AvgIpc) is 3.49. The largest absolute Gasteiger partial charge is 0.493 e. The molecule has 1 aliphatic carbocycles. The fourth-order valence-corrected chi connectivity index (χ4v) is 7.41. The van der Waals surface area contributed by atoms with Crippen molar-refractivity contribution in [1.82, 2.24) is 0 Å². The van der Waals surface area contributed by atoms with Crippen molar-refractivity contribution >= 4 is 29.1 Å². The summed E-state index contributed by atoms with van der Waals surface area (Å²) in [6.45, 7) is 0. The molecular formula is C36H28FNO6. The number of halogens is 1. The summed E-state index contributed by atoms with van der Waals surface area (Å²) in [4.78, 5) is 46.4. The first kappa shape index (κ1) is 27.6. The lowest BCUT2D eigenvalue weighted by Gasteiger charge is -2.37. The van der Waals surface area contributed by atoms with Gasteiger partial charge in [-0.15, -0.1) is 0 Å². The van der Waals surface area contributed by atoms with Gasteiger partial charge in [-0.25, -0.2) is 4.39 Å². The summed E-state index contributed by atoms with van der Waals surface area (Å²) in [6, 6.07) is 21.2. The highest BCUT2D eigenvalue weighted by Gasteiger charge is 2.72. The van der Waals surface area contributed by atoms with E-state index in [1.807, 2.05) is 41.3 Å². The van der Waals surface area contributed by atoms with Crippen LogP contribution in [0.5, 0.6) is 17.2 Å². The number of nitrogens with zero attached hydrogens (tertiary/aromatic N) is 1. The predicted octanol–water partition coefficient (Wildman–Crippen LogP) is 6.17. The van der Waals surface area contributed by atoms with Gasteiger partial charge in [-0.1, -0.05) is 60.7 Å². The van der Waals surface area contributed by atoms with Gasteiger partial charge in [0.05, 0.1) is 27.4 Å². The Kier molecular flexibility index (Phi) is 6.39. The Labute approximate surface area is 253 Å². The molecule has 7 rings (SSSR count). The normalized spacial score (nSPS) is 20.7. The maximum atomic E-state index is 14.9. The minimum Gasteiger partial charge on any atom is -0.493 e. The van der Waals surface area contributed by atoms with Crippen LogP contribution in [0.1, 0.15) is 48.1 Å². The molecule has 44 heavy (non-hydrogen) atoms. The number of methoxy groups -OCH3 is 3. The van der Waals surface area contributed by atoms with Crippen molar-refractivity contribution in [2.45, 2.75) is 18.0 Å². The summed E-state index contributed by atoms with van der Waals surface area (Å²) < 4.78 is 31.2. The van der Waals surface area contributed by atoms with Crippen LogP contribution in [-0.4, -0.2) is 50.8 Å². The highest BCUT2D eigenvalue weighted by Crippen LogP contribution is 2.63. The molecule has 0 radical (unpaired) electrons. The molecule has 2 aliphatic heterocycles. The first-order valence-electron chi connectivity index (χ1n) is 14.2. The summed E-state index contributed by atoms with van der Waals surface area (Å²) in [6.07, 6.45) is 3.75. The molecular weight excluding hydrogens is 561 g/mol. The Bertz CT molecular complexity index is 1850. The number of fused-ring (bicyclic) bond motifs is 5. The fraction of sp³-hybridized carbons (Fsp3) is 0.194. The standard InChI is InChI=1S/C36H28FNO6/c1-42-27-18-17-25(32(43-2)33(27)44-3)29-30(31(39)21-12-15-22(37)16-13-21)38-26-11-7-4-8-20(26)14-19-28(38)36(29)34(40)23-9-5-6-10-24(23)35(36)41/h4-19,28-30H,1-3H3/t28?,29-,30+/m0/s1. The topological polar surface area (TPSA) is 82.1 Å². The van der Waals surface area contributed by atoms with Crippen LogP contribution < -0.4 is 19.1 Å². The second kappa shape index (κ2) is 10.2. The van der Waals surface area contributed by atoms with E-state index in [2.05, 4.69) is 0 Å². The van der Waals surface area contributed by atoms with Crippen molar-refractivity contribution < 1.29 is 33.0 Å². The maximum Gasteiger partial charge on any atom is 0.203 e. The highest BCUT2D eigenvalue weighted by atomic mass is 19.1. The molecule has 0 amide bonds. The molecule has 2 heterocycles. The Hall–Kier alpha value is -5.24. The molecule has 4 aromatic rings. The van der Waals surface area contributed by atoms with E-state index in [9.17, 15) is 18.8 Å². The molecule has 0 aromatic heterocycles. The van der Waals surface area contributed by atoms with Crippen LogP contribution in [0.25, 0.3) is 6.08 Å². The van der Waals surface area contributed by atoms with Gasteiger partial charge >= 0.3 is 0 Å². The number of rotatable bonds is 6. The molecule has 0 N–H and O–H groups in total. The molecule has 220 valence electrons. The molecule has 4 aromatic carbocycles. The van der Waals surface area contributed by atoms with Gasteiger partial charge in [0.15, 0.2) is 28.8 Å². The van der Waals surface area contributed by atoms with E-state index in [1.165, 1.54) is 45.6 Å². The van der Waals surface area contributed by atoms with Gasteiger partial charge in [0.2, 0.25) is 5.75 Å². The van der Waals surface area contributed by atoms with Gasteiger partial charge in [-0.2, -0.15) is 0 Å². The van der Waals surface area contributed by atoms with Crippen LogP contribution in [0, 0.1) is 11.2 Å². The van der Waals surface area contributed by atoms with Crippen LogP contribution in [0.3, 0.4) is 0 Å². The summed E-state index contributed by atoms with van der Waals surface area (Å²) in [5.41, 5.74) is 1.12. The van der Waals surface area contributed by atoms with Gasteiger partial charge in [-0.05, 0) is 42.0 Å². The first-order valence-corrected chi connectivity index (χ1v) is 14.2. The second-order valence-corrected chi connectivity index (χ2v) is 11.1. The van der Waals surface area contributed by atoms with Crippen LogP contribution in [0.4, 0.5) is 10.1 Å². The summed E-state index contributed by atoms with van der Waals surface area (Å²) >= 11 is 0. The Balaban J connectivity index is 1.59. The number of para-hydroxylation sites is 1. The highest BCUT2D eigenvalue weighted by molar-refractivity contribution is 6.32. The van der Waals surface area contributed by atoms with E-state index in [1.54, 1.807) is 36.4 Å². The number of ketones is 3. The Morgan fingerprint density at radius 3 is 2.05 bits per heavy atom. The summed E-state index contributed by atoms with van der Waals surface area (Å²) in [7, 11) is 4.44. The van der Waals surface area contributed by atoms with Crippen molar-refractivity contribution in [2.24, 2.45) is 5.41 Å². The minimum absolute atomic E-state index is 0.249. The van der Waals surface area contributed by atoms with E-state index in [-0.39, 0.29) is 34.4 Å². The van der Waals surface area contributed by atoms with Crippen molar-refractivity contribution in [3.8, 4) is 17.2 Å². The van der Waals surface area contributed by atoms with Gasteiger partial charge < -0.3 is 19.1 Å². The quantitative estimate of drug-likeness (QED) is 0.197. The number of carbonyl (C=O) groups is 3.